The predicted molar refractivity (Wildman–Crippen MR) is 133 cm³/mol. The lowest BCUT2D eigenvalue weighted by atomic mass is 9.99. The maximum absolute atomic E-state index is 12.6. The molecule has 3 aromatic heterocycles. The molecule has 4 aromatic rings. The molecule has 1 aliphatic heterocycles. The molecule has 0 unspecified atom stereocenters. The number of nitrogens with zero attached hydrogens (tertiary/aromatic N) is 5. The Morgan fingerprint density at radius 1 is 1.15 bits per heavy atom. The van der Waals surface area contributed by atoms with E-state index in [2.05, 4.69) is 75.1 Å². The Hall–Kier alpha value is -3.59. The van der Waals surface area contributed by atoms with E-state index < -0.39 is 0 Å². The maximum atomic E-state index is 12.6. The average Bonchev–Trinajstić information content (AvgIpc) is 3.52. The van der Waals surface area contributed by atoms with Crippen LogP contribution in [0.15, 0.2) is 41.7 Å². The molecule has 0 saturated carbocycles. The number of fused-ring (bicyclic) bond motifs is 3. The van der Waals surface area contributed by atoms with E-state index in [1.807, 2.05) is 6.92 Å². The molecule has 0 aliphatic carbocycles. The summed E-state index contributed by atoms with van der Waals surface area (Å²) in [6.07, 6.45) is 4.37. The Balaban J connectivity index is 1.51. The number of thiophene rings is 1. The number of aliphatic imine (C=N–C) groups is 1. The van der Waals surface area contributed by atoms with Gasteiger partial charge in [-0.05, 0) is 33.3 Å². The zero-order valence-electron chi connectivity index (χ0n) is 19.7. The Bertz CT molecular complexity index is 1360. The molecular weight excluding hydrogens is 446 g/mol. The molecule has 174 valence electrons. The molecule has 0 spiro atoms. The minimum Gasteiger partial charge on any atom is -0.353 e. The molecule has 9 heteroatoms. The second-order valence-electron chi connectivity index (χ2n) is 8.60. The molecule has 0 bridgehead atoms. The van der Waals surface area contributed by atoms with Crippen molar-refractivity contribution in [3.63, 3.8) is 0 Å². The van der Waals surface area contributed by atoms with Crippen molar-refractivity contribution in [1.29, 1.82) is 0 Å². The van der Waals surface area contributed by atoms with Gasteiger partial charge in [0.1, 0.15) is 22.7 Å². The SMILES string of the molecule is Cc1ccc(C2=N[C@@H](CNC(=O)CCc3ncc[nH]3)c3nnc(C)n3-c3sc(C)c(C)c32)cc1. The van der Waals surface area contributed by atoms with Gasteiger partial charge in [-0.1, -0.05) is 29.8 Å². The predicted octanol–water partition coefficient (Wildman–Crippen LogP) is 3.93. The number of hydrogen-bond acceptors (Lipinski definition) is 6. The number of aromatic nitrogens is 5. The highest BCUT2D eigenvalue weighted by Crippen LogP contribution is 2.38. The molecule has 2 N–H and O–H groups in total. The van der Waals surface area contributed by atoms with Crippen molar-refractivity contribution in [1.82, 2.24) is 30.0 Å². The van der Waals surface area contributed by atoms with Gasteiger partial charge < -0.3 is 10.3 Å². The third-order valence-corrected chi connectivity index (χ3v) is 7.39. The summed E-state index contributed by atoms with van der Waals surface area (Å²) in [6.45, 7) is 8.66. The minimum absolute atomic E-state index is 0.0442. The number of imidazole rings is 1. The lowest BCUT2D eigenvalue weighted by Crippen LogP contribution is -2.29. The molecule has 34 heavy (non-hydrogen) atoms. The summed E-state index contributed by atoms with van der Waals surface area (Å²) in [5.41, 5.74) is 5.50. The molecular formula is C25H27N7OS. The number of hydrogen-bond donors (Lipinski definition) is 2. The molecule has 8 nitrogen and oxygen atoms in total. The van der Waals surface area contributed by atoms with Crippen molar-refractivity contribution in [2.75, 3.05) is 6.54 Å². The second-order valence-corrected chi connectivity index (χ2v) is 9.81. The Morgan fingerprint density at radius 2 is 1.94 bits per heavy atom. The van der Waals surface area contributed by atoms with Crippen LogP contribution in [0.3, 0.4) is 0 Å². The summed E-state index contributed by atoms with van der Waals surface area (Å²) in [7, 11) is 0. The lowest BCUT2D eigenvalue weighted by molar-refractivity contribution is -0.121. The normalized spacial score (nSPS) is 14.8. The Kier molecular flexibility index (Phi) is 5.87. The van der Waals surface area contributed by atoms with Crippen LogP contribution in [-0.4, -0.2) is 42.9 Å². The van der Waals surface area contributed by atoms with Gasteiger partial charge in [-0.15, -0.1) is 21.5 Å². The first kappa shape index (κ1) is 22.2. The van der Waals surface area contributed by atoms with Crippen LogP contribution in [0.1, 0.15) is 57.1 Å². The zero-order valence-corrected chi connectivity index (χ0v) is 20.5. The van der Waals surface area contributed by atoms with Crippen LogP contribution in [-0.2, 0) is 11.2 Å². The van der Waals surface area contributed by atoms with Crippen LogP contribution in [0.4, 0.5) is 0 Å². The smallest absolute Gasteiger partial charge is 0.220 e. The third-order valence-electron chi connectivity index (χ3n) is 6.20. The Morgan fingerprint density at radius 3 is 2.68 bits per heavy atom. The summed E-state index contributed by atoms with van der Waals surface area (Å²) in [5, 5.41) is 13.0. The van der Waals surface area contributed by atoms with E-state index in [0.717, 1.165) is 39.3 Å². The molecule has 1 amide bonds. The Labute approximate surface area is 202 Å². The van der Waals surface area contributed by atoms with Crippen LogP contribution in [0, 0.1) is 27.7 Å². The lowest BCUT2D eigenvalue weighted by Gasteiger charge is -2.14. The van der Waals surface area contributed by atoms with E-state index in [0.29, 0.717) is 19.4 Å². The van der Waals surface area contributed by atoms with Crippen LogP contribution < -0.4 is 5.32 Å². The topological polar surface area (TPSA) is 101 Å². The molecule has 5 rings (SSSR count). The molecule has 0 fully saturated rings. The highest BCUT2D eigenvalue weighted by molar-refractivity contribution is 7.15. The summed E-state index contributed by atoms with van der Waals surface area (Å²) < 4.78 is 2.10. The van der Waals surface area contributed by atoms with Crippen molar-refractivity contribution in [2.24, 2.45) is 4.99 Å². The number of benzene rings is 1. The van der Waals surface area contributed by atoms with Gasteiger partial charge in [-0.25, -0.2) is 4.98 Å². The fraction of sp³-hybridized carbons (Fsp3) is 0.320. The number of H-pyrrole nitrogens is 1. The number of nitrogens with one attached hydrogen (secondary N) is 2. The van der Waals surface area contributed by atoms with Crippen molar-refractivity contribution in [3.8, 4) is 5.00 Å². The number of amides is 1. The number of carbonyl (C=O) groups excluding carboxylic acids is 1. The van der Waals surface area contributed by atoms with E-state index in [1.54, 1.807) is 23.7 Å². The van der Waals surface area contributed by atoms with Crippen LogP contribution in [0.25, 0.3) is 5.00 Å². The monoisotopic (exact) mass is 473 g/mol. The number of rotatable bonds is 6. The number of carbonyl (C=O) groups is 1. The van der Waals surface area contributed by atoms with Gasteiger partial charge in [0, 0.05) is 47.8 Å². The first-order valence-corrected chi connectivity index (χ1v) is 12.2. The highest BCUT2D eigenvalue weighted by Gasteiger charge is 2.31. The first-order chi connectivity index (χ1) is 16.4. The van der Waals surface area contributed by atoms with E-state index in [-0.39, 0.29) is 11.9 Å². The van der Waals surface area contributed by atoms with Crippen molar-refractivity contribution in [2.45, 2.75) is 46.6 Å². The molecule has 1 atom stereocenters. The van der Waals surface area contributed by atoms with Gasteiger partial charge in [-0.2, -0.15) is 0 Å². The number of aryl methyl sites for hydroxylation is 4. The van der Waals surface area contributed by atoms with Gasteiger partial charge in [0.25, 0.3) is 0 Å². The van der Waals surface area contributed by atoms with E-state index in [1.165, 1.54) is 16.0 Å². The molecule has 0 radical (unpaired) electrons. The zero-order chi connectivity index (χ0) is 23.8. The molecule has 1 aliphatic rings. The van der Waals surface area contributed by atoms with E-state index in [9.17, 15) is 4.79 Å². The summed E-state index contributed by atoms with van der Waals surface area (Å²) >= 11 is 1.73. The van der Waals surface area contributed by atoms with Gasteiger partial charge >= 0.3 is 0 Å². The van der Waals surface area contributed by atoms with E-state index >= 15 is 0 Å². The summed E-state index contributed by atoms with van der Waals surface area (Å²) in [5.74, 6) is 2.31. The molecule has 0 saturated heterocycles. The van der Waals surface area contributed by atoms with Gasteiger partial charge in [0.05, 0.1) is 5.71 Å². The quantitative estimate of drug-likeness (QED) is 0.443. The van der Waals surface area contributed by atoms with Gasteiger partial charge in [0.2, 0.25) is 5.91 Å². The summed E-state index contributed by atoms with van der Waals surface area (Å²) in [6, 6.07) is 8.08. The first-order valence-electron chi connectivity index (χ1n) is 11.3. The van der Waals surface area contributed by atoms with Crippen LogP contribution in [0.2, 0.25) is 0 Å². The van der Waals surface area contributed by atoms with E-state index in [4.69, 9.17) is 4.99 Å². The van der Waals surface area contributed by atoms with Gasteiger partial charge in [-0.3, -0.25) is 14.4 Å². The highest BCUT2D eigenvalue weighted by atomic mass is 32.1. The number of aromatic amines is 1. The second kappa shape index (κ2) is 8.98. The average molecular weight is 474 g/mol. The van der Waals surface area contributed by atoms with Crippen LogP contribution >= 0.6 is 11.3 Å². The largest absolute Gasteiger partial charge is 0.353 e. The maximum Gasteiger partial charge on any atom is 0.220 e. The standard InChI is InChI=1S/C25H27N7OS/c1-14-5-7-18(8-6-14)23-22-15(2)16(3)34-25(22)32-17(4)30-31-24(32)19(29-23)13-28-21(33)10-9-20-26-11-12-27-20/h5-8,11-12,19H,9-10,13H2,1-4H3,(H,26,27)(H,28,33)/t19-/m0/s1. The van der Waals surface area contributed by atoms with Crippen molar-refractivity contribution in [3.05, 3.63) is 81.3 Å². The van der Waals surface area contributed by atoms with Crippen LogP contribution in [0.5, 0.6) is 0 Å². The third kappa shape index (κ3) is 4.07. The molecule has 4 heterocycles. The minimum atomic E-state index is -0.357. The molecule has 1 aromatic carbocycles. The fourth-order valence-corrected chi connectivity index (χ4v) is 5.42. The van der Waals surface area contributed by atoms with Crippen molar-refractivity contribution >= 4 is 23.0 Å². The summed E-state index contributed by atoms with van der Waals surface area (Å²) in [4.78, 5) is 26.3. The van der Waals surface area contributed by atoms with Crippen molar-refractivity contribution < 1.29 is 4.79 Å². The fourth-order valence-electron chi connectivity index (χ4n) is 4.20. The van der Waals surface area contributed by atoms with Gasteiger partial charge in [0.15, 0.2) is 5.82 Å².